The molecule has 118 valence electrons. The Bertz CT molecular complexity index is 423. The van der Waals surface area contributed by atoms with E-state index in [1.54, 1.807) is 13.4 Å². The van der Waals surface area contributed by atoms with Gasteiger partial charge >= 0.3 is 0 Å². The molecule has 0 aliphatic carbocycles. The Kier molecular flexibility index (Phi) is 4.95. The van der Waals surface area contributed by atoms with E-state index < -0.39 is 0 Å². The van der Waals surface area contributed by atoms with Gasteiger partial charge in [0, 0.05) is 38.7 Å². The maximum atomic E-state index is 5.90. The molecule has 21 heavy (non-hydrogen) atoms. The standard InChI is InChI=1S/C16H26N2O3/c1-19-9-6-17-5-4-16(12-17)13-18(7-10-20-14-16)11-15-3-2-8-21-15/h2-3,8H,4-7,9-14H2,1H3. The summed E-state index contributed by atoms with van der Waals surface area (Å²) in [6.45, 7) is 8.77. The van der Waals surface area contributed by atoms with Gasteiger partial charge in [0.15, 0.2) is 0 Å². The van der Waals surface area contributed by atoms with Gasteiger partial charge in [-0.25, -0.2) is 0 Å². The van der Waals surface area contributed by atoms with Gasteiger partial charge in [0.2, 0.25) is 0 Å². The summed E-state index contributed by atoms with van der Waals surface area (Å²) in [6.07, 6.45) is 2.97. The summed E-state index contributed by atoms with van der Waals surface area (Å²) in [6, 6.07) is 4.01. The number of likely N-dealkylation sites (tertiary alicyclic amines) is 1. The van der Waals surface area contributed by atoms with Gasteiger partial charge in [-0.15, -0.1) is 0 Å². The van der Waals surface area contributed by atoms with Gasteiger partial charge < -0.3 is 18.8 Å². The lowest BCUT2D eigenvalue weighted by atomic mass is 9.87. The zero-order valence-electron chi connectivity index (χ0n) is 12.9. The molecule has 0 N–H and O–H groups in total. The molecule has 2 fully saturated rings. The van der Waals surface area contributed by atoms with Crippen LogP contribution < -0.4 is 0 Å². The lowest BCUT2D eigenvalue weighted by molar-refractivity contribution is 0.0680. The summed E-state index contributed by atoms with van der Waals surface area (Å²) >= 11 is 0. The molecule has 5 heteroatoms. The van der Waals surface area contributed by atoms with Crippen LogP contribution in [0.25, 0.3) is 0 Å². The van der Waals surface area contributed by atoms with E-state index in [1.165, 1.54) is 6.42 Å². The van der Waals surface area contributed by atoms with Crippen LogP contribution >= 0.6 is 0 Å². The van der Waals surface area contributed by atoms with Crippen LogP contribution in [0.2, 0.25) is 0 Å². The van der Waals surface area contributed by atoms with Crippen molar-refractivity contribution < 1.29 is 13.9 Å². The number of nitrogens with zero attached hydrogens (tertiary/aromatic N) is 2. The first-order chi connectivity index (χ1) is 10.3. The highest BCUT2D eigenvalue weighted by atomic mass is 16.5. The van der Waals surface area contributed by atoms with Crippen molar-refractivity contribution in [3.8, 4) is 0 Å². The highest BCUT2D eigenvalue weighted by Gasteiger charge is 2.40. The van der Waals surface area contributed by atoms with Crippen LogP contribution in [0.15, 0.2) is 22.8 Å². The largest absolute Gasteiger partial charge is 0.468 e. The fraction of sp³-hybridized carbons (Fsp3) is 0.750. The van der Waals surface area contributed by atoms with E-state index in [4.69, 9.17) is 13.9 Å². The minimum Gasteiger partial charge on any atom is -0.468 e. The van der Waals surface area contributed by atoms with Crippen molar-refractivity contribution in [1.82, 2.24) is 9.80 Å². The lowest BCUT2D eigenvalue weighted by Crippen LogP contribution is -2.40. The highest BCUT2D eigenvalue weighted by molar-refractivity contribution is 5.00. The quantitative estimate of drug-likeness (QED) is 0.822. The van der Waals surface area contributed by atoms with Crippen LogP contribution in [-0.2, 0) is 16.0 Å². The molecule has 1 unspecified atom stereocenters. The molecule has 1 aromatic heterocycles. The minimum atomic E-state index is 0.275. The van der Waals surface area contributed by atoms with Crippen molar-refractivity contribution in [3.05, 3.63) is 24.2 Å². The topological polar surface area (TPSA) is 38.1 Å². The van der Waals surface area contributed by atoms with Gasteiger partial charge in [-0.05, 0) is 25.1 Å². The second-order valence-corrected chi connectivity index (χ2v) is 6.36. The Labute approximate surface area is 126 Å². The zero-order valence-corrected chi connectivity index (χ0v) is 12.9. The van der Waals surface area contributed by atoms with Crippen LogP contribution in [0.1, 0.15) is 12.2 Å². The van der Waals surface area contributed by atoms with Crippen molar-refractivity contribution in [2.45, 2.75) is 13.0 Å². The maximum absolute atomic E-state index is 5.90. The predicted molar refractivity (Wildman–Crippen MR) is 80.2 cm³/mol. The third kappa shape index (κ3) is 3.86. The minimum absolute atomic E-state index is 0.275. The molecule has 0 radical (unpaired) electrons. The first kappa shape index (κ1) is 15.0. The number of rotatable bonds is 5. The van der Waals surface area contributed by atoms with Gasteiger partial charge in [0.25, 0.3) is 0 Å². The number of furan rings is 1. The molecule has 1 atom stereocenters. The van der Waals surface area contributed by atoms with E-state index in [-0.39, 0.29) is 5.41 Å². The summed E-state index contributed by atoms with van der Waals surface area (Å²) in [5.74, 6) is 1.04. The second-order valence-electron chi connectivity index (χ2n) is 6.36. The molecule has 2 saturated heterocycles. The Morgan fingerprint density at radius 1 is 1.29 bits per heavy atom. The maximum Gasteiger partial charge on any atom is 0.117 e. The fourth-order valence-electron chi connectivity index (χ4n) is 3.53. The zero-order chi connectivity index (χ0) is 14.5. The van der Waals surface area contributed by atoms with Gasteiger partial charge in [-0.2, -0.15) is 0 Å². The van der Waals surface area contributed by atoms with Crippen LogP contribution in [-0.4, -0.2) is 69.5 Å². The Balaban J connectivity index is 1.59. The van der Waals surface area contributed by atoms with Crippen LogP contribution in [0.3, 0.4) is 0 Å². The van der Waals surface area contributed by atoms with E-state index in [1.807, 2.05) is 6.07 Å². The van der Waals surface area contributed by atoms with E-state index in [0.717, 1.165) is 64.8 Å². The monoisotopic (exact) mass is 294 g/mol. The summed E-state index contributed by atoms with van der Waals surface area (Å²) in [7, 11) is 1.77. The van der Waals surface area contributed by atoms with E-state index >= 15 is 0 Å². The van der Waals surface area contributed by atoms with E-state index in [0.29, 0.717) is 0 Å². The van der Waals surface area contributed by atoms with Crippen molar-refractivity contribution >= 4 is 0 Å². The van der Waals surface area contributed by atoms with Crippen LogP contribution in [0.4, 0.5) is 0 Å². The third-order valence-electron chi connectivity index (χ3n) is 4.61. The molecular formula is C16H26N2O3. The van der Waals surface area contributed by atoms with Gasteiger partial charge in [0.1, 0.15) is 5.76 Å². The van der Waals surface area contributed by atoms with Crippen molar-refractivity contribution in [1.29, 1.82) is 0 Å². The average molecular weight is 294 g/mol. The molecule has 0 amide bonds. The predicted octanol–water partition coefficient (Wildman–Crippen LogP) is 1.45. The van der Waals surface area contributed by atoms with E-state index in [2.05, 4.69) is 15.9 Å². The number of methoxy groups -OCH3 is 1. The first-order valence-corrected chi connectivity index (χ1v) is 7.83. The smallest absolute Gasteiger partial charge is 0.117 e. The average Bonchev–Trinajstić information content (AvgIpc) is 3.07. The molecule has 1 spiro atoms. The Hall–Kier alpha value is -0.880. The molecular weight excluding hydrogens is 268 g/mol. The normalized spacial score (nSPS) is 28.2. The van der Waals surface area contributed by atoms with Crippen molar-refractivity contribution in [2.75, 3.05) is 59.7 Å². The summed E-state index contributed by atoms with van der Waals surface area (Å²) in [5.41, 5.74) is 0.275. The number of hydrogen-bond donors (Lipinski definition) is 0. The van der Waals surface area contributed by atoms with Gasteiger partial charge in [0.05, 0.1) is 32.6 Å². The summed E-state index contributed by atoms with van der Waals surface area (Å²) in [4.78, 5) is 4.98. The first-order valence-electron chi connectivity index (χ1n) is 7.83. The van der Waals surface area contributed by atoms with Crippen LogP contribution in [0.5, 0.6) is 0 Å². The molecule has 2 aliphatic rings. The number of hydrogen-bond acceptors (Lipinski definition) is 5. The summed E-state index contributed by atoms with van der Waals surface area (Å²) in [5, 5.41) is 0. The van der Waals surface area contributed by atoms with Crippen molar-refractivity contribution in [3.63, 3.8) is 0 Å². The molecule has 2 aliphatic heterocycles. The Morgan fingerprint density at radius 2 is 2.19 bits per heavy atom. The van der Waals surface area contributed by atoms with Gasteiger partial charge in [-0.3, -0.25) is 4.90 Å². The molecule has 5 nitrogen and oxygen atoms in total. The molecule has 0 bridgehead atoms. The second kappa shape index (κ2) is 6.92. The molecule has 0 saturated carbocycles. The SMILES string of the molecule is COCCN1CCC2(COCCN(Cc3ccco3)C2)C1. The van der Waals surface area contributed by atoms with Crippen molar-refractivity contribution in [2.24, 2.45) is 5.41 Å². The van der Waals surface area contributed by atoms with E-state index in [9.17, 15) is 0 Å². The lowest BCUT2D eigenvalue weighted by Gasteiger charge is -2.31. The molecule has 3 heterocycles. The van der Waals surface area contributed by atoms with Crippen LogP contribution in [0, 0.1) is 5.41 Å². The molecule has 3 rings (SSSR count). The highest BCUT2D eigenvalue weighted by Crippen LogP contribution is 2.33. The Morgan fingerprint density at radius 3 is 3.00 bits per heavy atom. The molecule has 0 aromatic carbocycles. The number of ether oxygens (including phenoxy) is 2. The molecule has 1 aromatic rings. The third-order valence-corrected chi connectivity index (χ3v) is 4.61. The fourth-order valence-corrected chi connectivity index (χ4v) is 3.53. The summed E-state index contributed by atoms with van der Waals surface area (Å²) < 4.78 is 16.6. The van der Waals surface area contributed by atoms with Gasteiger partial charge in [-0.1, -0.05) is 0 Å².